The number of alkyl halides is 3. The molecule has 0 fully saturated rings. The number of nitriles is 1. The first-order valence-corrected chi connectivity index (χ1v) is 11.7. The number of rotatable bonds is 4. The molecule has 40 heavy (non-hydrogen) atoms. The summed E-state index contributed by atoms with van der Waals surface area (Å²) in [5.41, 5.74) is -1.93. The molecule has 1 aromatic heterocycles. The Balaban J connectivity index is 2.00. The van der Waals surface area contributed by atoms with Gasteiger partial charge in [-0.15, -0.1) is 0 Å². The van der Waals surface area contributed by atoms with Crippen LogP contribution in [0.2, 0.25) is 5.02 Å². The van der Waals surface area contributed by atoms with Crippen molar-refractivity contribution in [2.24, 2.45) is 12.8 Å². The first-order valence-electron chi connectivity index (χ1n) is 11.3. The van der Waals surface area contributed by atoms with Crippen LogP contribution in [0.5, 0.6) is 0 Å². The molecular weight excluding hydrogens is 561 g/mol. The molecule has 204 valence electrons. The predicted octanol–water partition coefficient (Wildman–Crippen LogP) is 4.29. The van der Waals surface area contributed by atoms with E-state index in [2.05, 4.69) is 10.4 Å². The van der Waals surface area contributed by atoms with E-state index >= 15 is 4.39 Å². The van der Waals surface area contributed by atoms with E-state index in [0.717, 1.165) is 18.2 Å². The molecule has 2 heterocycles. The highest BCUT2D eigenvalue weighted by molar-refractivity contribution is 6.31. The highest BCUT2D eigenvalue weighted by Gasteiger charge is 2.49. The molecule has 0 spiro atoms. The van der Waals surface area contributed by atoms with Crippen LogP contribution in [0.15, 0.2) is 36.4 Å². The number of nitrogens with two attached hydrogens (primary N) is 1. The van der Waals surface area contributed by atoms with Crippen LogP contribution in [-0.2, 0) is 25.4 Å². The molecular formula is C26H15ClF5N5O3. The quantitative estimate of drug-likeness (QED) is 0.312. The number of hydrogen-bond acceptors (Lipinski definition) is 5. The van der Waals surface area contributed by atoms with E-state index in [1.165, 1.54) is 17.8 Å². The number of nitrogens with one attached hydrogen (secondary N) is 1. The van der Waals surface area contributed by atoms with Gasteiger partial charge in [-0.05, 0) is 42.0 Å². The third kappa shape index (κ3) is 3.95. The molecule has 4 aromatic rings. The summed E-state index contributed by atoms with van der Waals surface area (Å²) in [5.74, 6) is -4.84. The second-order valence-corrected chi connectivity index (χ2v) is 9.41. The second-order valence-electron chi connectivity index (χ2n) is 9.01. The summed E-state index contributed by atoms with van der Waals surface area (Å²) in [6.07, 6.45) is -5.29. The summed E-state index contributed by atoms with van der Waals surface area (Å²) in [4.78, 5) is 25.7. The second kappa shape index (κ2) is 9.00. The monoisotopic (exact) mass is 575 g/mol. The number of aromatic nitrogens is 2. The fraction of sp³-hybridized carbons (Fsp3) is 0.154. The maximum atomic E-state index is 15.7. The molecule has 1 aliphatic rings. The average Bonchev–Trinajstić information content (AvgIpc) is 3.32. The number of aryl methyl sites for hydroxylation is 1. The van der Waals surface area contributed by atoms with Gasteiger partial charge in [-0.2, -0.15) is 23.5 Å². The SMILES string of the molecule is Cn1nc2c3c(c(-c4c(F)cc(C(F)(F)F)cc4C(N)=O)cc2c1CC#N)C(O)(c1cc(F)ccc1Cl)NC3=O. The number of fused-ring (bicyclic) bond motifs is 3. The summed E-state index contributed by atoms with van der Waals surface area (Å²) in [5, 5.41) is 27.6. The van der Waals surface area contributed by atoms with Gasteiger partial charge in [0.25, 0.3) is 5.91 Å². The van der Waals surface area contributed by atoms with E-state index in [9.17, 15) is 37.5 Å². The van der Waals surface area contributed by atoms with Gasteiger partial charge in [0.1, 0.15) is 17.2 Å². The zero-order chi connectivity index (χ0) is 29.3. The lowest BCUT2D eigenvalue weighted by molar-refractivity contribution is -0.137. The molecule has 0 radical (unpaired) electrons. The zero-order valence-corrected chi connectivity index (χ0v) is 20.9. The molecule has 1 atom stereocenters. The highest BCUT2D eigenvalue weighted by Crippen LogP contribution is 2.48. The van der Waals surface area contributed by atoms with Crippen LogP contribution in [0.4, 0.5) is 22.0 Å². The fourth-order valence-corrected chi connectivity index (χ4v) is 5.22. The van der Waals surface area contributed by atoms with Gasteiger partial charge in [-0.3, -0.25) is 14.3 Å². The van der Waals surface area contributed by atoms with Crippen LogP contribution in [0.1, 0.15) is 43.1 Å². The molecule has 3 aromatic carbocycles. The number of aliphatic hydroxyl groups is 1. The Kier molecular flexibility index (Phi) is 6.09. The lowest BCUT2D eigenvalue weighted by atomic mass is 9.83. The molecule has 4 N–H and O–H groups in total. The molecule has 0 bridgehead atoms. The first-order chi connectivity index (χ1) is 18.7. The van der Waals surface area contributed by atoms with Crippen LogP contribution in [0.25, 0.3) is 22.0 Å². The van der Waals surface area contributed by atoms with E-state index in [4.69, 9.17) is 17.3 Å². The Bertz CT molecular complexity index is 1830. The maximum Gasteiger partial charge on any atom is 0.416 e. The van der Waals surface area contributed by atoms with Crippen molar-refractivity contribution in [3.05, 3.63) is 86.6 Å². The minimum absolute atomic E-state index is 0.0552. The van der Waals surface area contributed by atoms with Gasteiger partial charge in [0.15, 0.2) is 5.72 Å². The molecule has 0 aliphatic carbocycles. The van der Waals surface area contributed by atoms with Crippen LogP contribution < -0.4 is 11.1 Å². The van der Waals surface area contributed by atoms with Gasteiger partial charge in [-0.1, -0.05) is 11.6 Å². The first kappa shape index (κ1) is 27.0. The number of carbonyl (C=O) groups excluding carboxylic acids is 2. The minimum atomic E-state index is -5.05. The van der Waals surface area contributed by atoms with Crippen LogP contribution >= 0.6 is 11.6 Å². The van der Waals surface area contributed by atoms with Crippen LogP contribution in [0, 0.1) is 23.0 Å². The third-order valence-corrected chi connectivity index (χ3v) is 6.98. The highest BCUT2D eigenvalue weighted by atomic mass is 35.5. The van der Waals surface area contributed by atoms with Gasteiger partial charge in [-0.25, -0.2) is 8.78 Å². The summed E-state index contributed by atoms with van der Waals surface area (Å²) < 4.78 is 71.7. The maximum absolute atomic E-state index is 15.7. The lowest BCUT2D eigenvalue weighted by Crippen LogP contribution is -2.41. The van der Waals surface area contributed by atoms with Gasteiger partial charge in [0, 0.05) is 34.1 Å². The summed E-state index contributed by atoms with van der Waals surface area (Å²) in [6.45, 7) is 0. The zero-order valence-electron chi connectivity index (χ0n) is 20.1. The molecule has 0 saturated heterocycles. The number of hydrogen-bond donors (Lipinski definition) is 3. The molecule has 14 heteroatoms. The third-order valence-electron chi connectivity index (χ3n) is 6.65. The molecule has 0 saturated carbocycles. The molecule has 8 nitrogen and oxygen atoms in total. The van der Waals surface area contributed by atoms with Crippen LogP contribution in [0.3, 0.4) is 0 Å². The molecule has 1 aliphatic heterocycles. The van der Waals surface area contributed by atoms with Crippen molar-refractivity contribution in [3.63, 3.8) is 0 Å². The Morgan fingerprint density at radius 3 is 2.55 bits per heavy atom. The Morgan fingerprint density at radius 1 is 1.23 bits per heavy atom. The van der Waals surface area contributed by atoms with Crippen molar-refractivity contribution in [2.75, 3.05) is 0 Å². The van der Waals surface area contributed by atoms with E-state index < -0.39 is 63.2 Å². The Hall–Kier alpha value is -4.54. The Morgan fingerprint density at radius 2 is 1.93 bits per heavy atom. The molecule has 1 unspecified atom stereocenters. The average molecular weight is 576 g/mol. The Labute approximate surface area is 226 Å². The number of amides is 2. The molecule has 2 amide bonds. The van der Waals surface area contributed by atoms with Crippen molar-refractivity contribution in [1.29, 1.82) is 5.26 Å². The van der Waals surface area contributed by atoms with Gasteiger partial charge >= 0.3 is 6.18 Å². The standard InChI is InChI=1S/C26H15ClF5N5O3/c1-37-18(4-5-33)12-9-13(19-14(23(34)38)6-10(7-17(19)29)26(30,31)32)21-20(22(12)36-37)24(39)35-25(21,40)15-8-11(28)2-3-16(15)27/h2-3,6-9,40H,4H2,1H3,(H2,34,38)(H,35,39). The number of halogens is 6. The fourth-order valence-electron chi connectivity index (χ4n) is 4.96. The van der Waals surface area contributed by atoms with Gasteiger partial charge in [0.2, 0.25) is 5.91 Å². The van der Waals surface area contributed by atoms with E-state index in [0.29, 0.717) is 6.07 Å². The predicted molar refractivity (Wildman–Crippen MR) is 131 cm³/mol. The normalized spacial score (nSPS) is 16.6. The summed E-state index contributed by atoms with van der Waals surface area (Å²) >= 11 is 6.24. The number of carbonyl (C=O) groups is 2. The van der Waals surface area contributed by atoms with Gasteiger partial charge < -0.3 is 16.2 Å². The largest absolute Gasteiger partial charge is 0.416 e. The summed E-state index contributed by atoms with van der Waals surface area (Å²) in [6, 6.07) is 6.44. The smallest absolute Gasteiger partial charge is 0.366 e. The van der Waals surface area contributed by atoms with E-state index in [1.807, 2.05) is 6.07 Å². The van der Waals surface area contributed by atoms with Crippen molar-refractivity contribution in [1.82, 2.24) is 15.1 Å². The van der Waals surface area contributed by atoms with Crippen molar-refractivity contribution >= 4 is 34.3 Å². The van der Waals surface area contributed by atoms with Crippen LogP contribution in [-0.4, -0.2) is 26.7 Å². The van der Waals surface area contributed by atoms with E-state index in [1.54, 1.807) is 0 Å². The summed E-state index contributed by atoms with van der Waals surface area (Å²) in [7, 11) is 1.45. The topological polar surface area (TPSA) is 134 Å². The minimum Gasteiger partial charge on any atom is -0.366 e. The lowest BCUT2D eigenvalue weighted by Gasteiger charge is -2.28. The van der Waals surface area contributed by atoms with Crippen molar-refractivity contribution < 1.29 is 36.6 Å². The molecule has 5 rings (SSSR count). The van der Waals surface area contributed by atoms with Gasteiger partial charge in [0.05, 0.1) is 34.9 Å². The number of primary amides is 1. The number of benzene rings is 3. The van der Waals surface area contributed by atoms with Crippen molar-refractivity contribution in [3.8, 4) is 17.2 Å². The van der Waals surface area contributed by atoms with E-state index in [-0.39, 0.29) is 45.2 Å². The van der Waals surface area contributed by atoms with Crippen molar-refractivity contribution in [2.45, 2.75) is 18.3 Å². The number of nitrogens with zero attached hydrogens (tertiary/aromatic N) is 3.